The normalized spacial score (nSPS) is 32.9. The fraction of sp³-hybridized carbons (Fsp3) is 1.00. The number of hydrogen-bond donors (Lipinski definition) is 1. The van der Waals surface area contributed by atoms with Crippen molar-refractivity contribution in [1.29, 1.82) is 0 Å². The Morgan fingerprint density at radius 3 is 2.71 bits per heavy atom. The first kappa shape index (κ1) is 11.8. The molecule has 0 aromatic heterocycles. The molecule has 0 amide bonds. The number of alkyl halides is 3. The van der Waals surface area contributed by atoms with Gasteiger partial charge in [-0.3, -0.25) is 0 Å². The summed E-state index contributed by atoms with van der Waals surface area (Å²) in [5.74, 6) is 0. The van der Waals surface area contributed by atoms with E-state index in [0.29, 0.717) is 19.0 Å². The molecule has 1 atom stereocenters. The van der Waals surface area contributed by atoms with E-state index in [1.807, 2.05) is 0 Å². The lowest BCUT2D eigenvalue weighted by atomic mass is 9.94. The Kier molecular flexibility index (Phi) is 3.44. The molecule has 7 heteroatoms. The lowest BCUT2D eigenvalue weighted by Crippen LogP contribution is -2.59. The van der Waals surface area contributed by atoms with Gasteiger partial charge >= 0.3 is 13.7 Å². The summed E-state index contributed by atoms with van der Waals surface area (Å²) in [6, 6.07) is -3.55. The molecule has 0 saturated carbocycles. The van der Waals surface area contributed by atoms with Crippen LogP contribution in [0.2, 0.25) is 0 Å². The van der Waals surface area contributed by atoms with E-state index in [1.165, 1.54) is 0 Å². The number of halogens is 3. The molecule has 0 spiro atoms. The van der Waals surface area contributed by atoms with Crippen molar-refractivity contribution in [2.45, 2.75) is 31.5 Å². The van der Waals surface area contributed by atoms with E-state index < -0.39 is 18.4 Å². The molecule has 1 rings (SSSR count). The van der Waals surface area contributed by atoms with Gasteiger partial charge in [0.25, 0.3) is 0 Å². The first-order valence-electron chi connectivity index (χ1n) is 4.31. The van der Waals surface area contributed by atoms with Crippen molar-refractivity contribution >= 4 is 7.69 Å². The highest BCUT2D eigenvalue weighted by molar-refractivity contribution is 6.15. The number of likely N-dealkylation sites (tertiary alicyclic amines) is 1. The van der Waals surface area contributed by atoms with E-state index in [1.54, 1.807) is 0 Å². The first-order valence-corrected chi connectivity index (χ1v) is 4.31. The molecule has 1 N–H and O–H groups in total. The van der Waals surface area contributed by atoms with Crippen molar-refractivity contribution in [2.24, 2.45) is 0 Å². The lowest BCUT2D eigenvalue weighted by Gasteiger charge is -2.42. The van der Waals surface area contributed by atoms with E-state index in [4.69, 9.17) is 5.02 Å². The smallest absolute Gasteiger partial charge is 0.429 e. The standard InChI is InChI=1S/C7H12BF3NO2/c1-6(9)3-2-4-12(5-14-8-13)7(6,10)11/h13H,2-5H2,1H3/t6-/m0/s1. The fourth-order valence-electron chi connectivity index (χ4n) is 1.49. The largest absolute Gasteiger partial charge is 0.486 e. The summed E-state index contributed by atoms with van der Waals surface area (Å²) in [6.45, 7) is 0.422. The van der Waals surface area contributed by atoms with Crippen LogP contribution in [0.5, 0.6) is 0 Å². The van der Waals surface area contributed by atoms with Crippen LogP contribution in [-0.2, 0) is 4.65 Å². The lowest BCUT2D eigenvalue weighted by molar-refractivity contribution is -0.263. The monoisotopic (exact) mass is 210 g/mol. The number of piperidine rings is 1. The Balaban J connectivity index is 2.66. The molecule has 1 aliphatic heterocycles. The number of nitrogens with zero attached hydrogens (tertiary/aromatic N) is 1. The zero-order chi connectivity index (χ0) is 10.8. The van der Waals surface area contributed by atoms with E-state index in [0.717, 1.165) is 6.92 Å². The third-order valence-electron chi connectivity index (χ3n) is 2.40. The second-order valence-corrected chi connectivity index (χ2v) is 3.51. The van der Waals surface area contributed by atoms with Crippen molar-refractivity contribution in [1.82, 2.24) is 4.90 Å². The molecule has 14 heavy (non-hydrogen) atoms. The molecule has 3 nitrogen and oxygen atoms in total. The molecule has 0 bridgehead atoms. The van der Waals surface area contributed by atoms with Crippen LogP contribution in [0, 0.1) is 0 Å². The van der Waals surface area contributed by atoms with Gasteiger partial charge in [-0.2, -0.15) is 8.78 Å². The molecule has 1 fully saturated rings. The van der Waals surface area contributed by atoms with Crippen LogP contribution in [0.25, 0.3) is 0 Å². The second-order valence-electron chi connectivity index (χ2n) is 3.51. The molecule has 0 unspecified atom stereocenters. The third-order valence-corrected chi connectivity index (χ3v) is 2.40. The van der Waals surface area contributed by atoms with Crippen molar-refractivity contribution in [3.8, 4) is 0 Å². The van der Waals surface area contributed by atoms with Crippen molar-refractivity contribution < 1.29 is 22.8 Å². The van der Waals surface area contributed by atoms with Crippen LogP contribution in [-0.4, -0.2) is 42.6 Å². The molecular weight excluding hydrogens is 198 g/mol. The summed E-state index contributed by atoms with van der Waals surface area (Å²) >= 11 is 0. The maximum atomic E-state index is 13.4. The van der Waals surface area contributed by atoms with Crippen LogP contribution >= 0.6 is 0 Å². The molecule has 0 aromatic carbocycles. The number of rotatable bonds is 3. The van der Waals surface area contributed by atoms with Crippen LogP contribution in [0.15, 0.2) is 0 Å². The minimum absolute atomic E-state index is 0.0559. The predicted molar refractivity (Wildman–Crippen MR) is 44.3 cm³/mol. The highest BCUT2D eigenvalue weighted by Crippen LogP contribution is 2.42. The van der Waals surface area contributed by atoms with Crippen molar-refractivity contribution in [3.05, 3.63) is 0 Å². The van der Waals surface area contributed by atoms with E-state index >= 15 is 0 Å². The molecule has 81 valence electrons. The van der Waals surface area contributed by atoms with Gasteiger partial charge in [-0.1, -0.05) is 0 Å². The van der Waals surface area contributed by atoms with Crippen LogP contribution < -0.4 is 0 Å². The summed E-state index contributed by atoms with van der Waals surface area (Å²) in [6.07, 6.45) is 0.177. The minimum atomic E-state index is -3.55. The molecular formula is C7H12BF3NO2. The molecule has 1 heterocycles. The summed E-state index contributed by atoms with van der Waals surface area (Å²) in [5, 5.41) is 8.18. The van der Waals surface area contributed by atoms with Gasteiger partial charge in [-0.25, -0.2) is 9.29 Å². The van der Waals surface area contributed by atoms with Gasteiger partial charge < -0.3 is 9.68 Å². The maximum Gasteiger partial charge on any atom is 0.486 e. The van der Waals surface area contributed by atoms with Crippen molar-refractivity contribution in [2.75, 3.05) is 13.3 Å². The zero-order valence-corrected chi connectivity index (χ0v) is 7.84. The first-order chi connectivity index (χ1) is 6.42. The predicted octanol–water partition coefficient (Wildman–Crippen LogP) is 0.904. The van der Waals surface area contributed by atoms with Crippen LogP contribution in [0.4, 0.5) is 13.2 Å². The molecule has 1 saturated heterocycles. The van der Waals surface area contributed by atoms with Gasteiger partial charge in [0.1, 0.15) is 0 Å². The van der Waals surface area contributed by atoms with Crippen molar-refractivity contribution in [3.63, 3.8) is 0 Å². The van der Waals surface area contributed by atoms with Gasteiger partial charge in [-0.15, -0.1) is 0 Å². The van der Waals surface area contributed by atoms with Crippen LogP contribution in [0.1, 0.15) is 19.8 Å². The average molecular weight is 210 g/mol. The SMILES string of the molecule is C[C@]1(F)CCCN(CO[B]O)C1(F)F. The summed E-state index contributed by atoms with van der Waals surface area (Å²) in [7, 11) is 0.320. The zero-order valence-electron chi connectivity index (χ0n) is 7.84. The highest BCUT2D eigenvalue weighted by Gasteiger charge is 2.57. The maximum absolute atomic E-state index is 13.4. The summed E-state index contributed by atoms with van der Waals surface area (Å²) < 4.78 is 44.4. The molecule has 1 radical (unpaired) electrons. The van der Waals surface area contributed by atoms with E-state index in [2.05, 4.69) is 4.65 Å². The quantitative estimate of drug-likeness (QED) is 0.554. The summed E-state index contributed by atoms with van der Waals surface area (Å²) in [5.41, 5.74) is -2.54. The van der Waals surface area contributed by atoms with Gasteiger partial charge in [-0.05, 0) is 19.8 Å². The van der Waals surface area contributed by atoms with E-state index in [9.17, 15) is 13.2 Å². The Bertz CT molecular complexity index is 203. The van der Waals surface area contributed by atoms with Gasteiger partial charge in [0.2, 0.25) is 0 Å². The second kappa shape index (κ2) is 4.08. The van der Waals surface area contributed by atoms with Gasteiger partial charge in [0, 0.05) is 6.54 Å². The van der Waals surface area contributed by atoms with Crippen LogP contribution in [0.3, 0.4) is 0 Å². The average Bonchev–Trinajstić information content (AvgIpc) is 2.08. The Labute approximate surface area is 81.1 Å². The van der Waals surface area contributed by atoms with E-state index in [-0.39, 0.29) is 13.0 Å². The minimum Gasteiger partial charge on any atom is -0.429 e. The highest BCUT2D eigenvalue weighted by atomic mass is 19.3. The Morgan fingerprint density at radius 2 is 2.14 bits per heavy atom. The topological polar surface area (TPSA) is 32.7 Å². The summed E-state index contributed by atoms with van der Waals surface area (Å²) in [4.78, 5) is 0.573. The molecule has 0 aliphatic carbocycles. The van der Waals surface area contributed by atoms with Gasteiger partial charge in [0.15, 0.2) is 5.67 Å². The molecule has 0 aromatic rings. The molecule has 1 aliphatic rings. The van der Waals surface area contributed by atoms with Gasteiger partial charge in [0.05, 0.1) is 6.73 Å². The number of hydrogen-bond acceptors (Lipinski definition) is 3. The fourth-order valence-corrected chi connectivity index (χ4v) is 1.49. The Morgan fingerprint density at radius 1 is 1.50 bits per heavy atom. The Hall–Kier alpha value is -0.265. The third kappa shape index (κ3) is 2.04.